The molecule has 1 N–H and O–H groups in total. The normalized spacial score (nSPS) is 29.7. The first-order valence-corrected chi connectivity index (χ1v) is 7.71. The highest BCUT2D eigenvalue weighted by Crippen LogP contribution is 2.60. The second kappa shape index (κ2) is 4.43. The monoisotopic (exact) mass is 285 g/mol. The maximum absolute atomic E-state index is 12.8. The summed E-state index contributed by atoms with van der Waals surface area (Å²) in [5.74, 6) is 0.387. The Kier molecular flexibility index (Phi) is 3.01. The summed E-state index contributed by atoms with van der Waals surface area (Å²) in [5.41, 5.74) is 1.91. The van der Waals surface area contributed by atoms with Crippen LogP contribution in [0, 0.1) is 30.6 Å². The lowest BCUT2D eigenvalue weighted by Crippen LogP contribution is -2.44. The molecule has 2 atom stereocenters. The van der Waals surface area contributed by atoms with E-state index in [9.17, 15) is 9.59 Å². The topological polar surface area (TPSA) is 46.2 Å². The van der Waals surface area contributed by atoms with Gasteiger partial charge in [0.1, 0.15) is 5.41 Å². The molecule has 3 heteroatoms. The molecule has 1 aromatic rings. The summed E-state index contributed by atoms with van der Waals surface area (Å²) in [5, 5.41) is 3.02. The number of carbonyl (C=O) groups is 2. The summed E-state index contributed by atoms with van der Waals surface area (Å²) in [6, 6.07) is 5.88. The molecule has 2 saturated carbocycles. The lowest BCUT2D eigenvalue weighted by molar-refractivity contribution is -0.142. The molecule has 0 aliphatic heterocycles. The van der Waals surface area contributed by atoms with Gasteiger partial charge in [-0.15, -0.1) is 0 Å². The quantitative estimate of drug-likeness (QED) is 0.843. The van der Waals surface area contributed by atoms with Crippen LogP contribution in [0.1, 0.15) is 44.2 Å². The summed E-state index contributed by atoms with van der Waals surface area (Å²) in [4.78, 5) is 25.6. The van der Waals surface area contributed by atoms with E-state index in [0.29, 0.717) is 12.3 Å². The number of aryl methyl sites for hydroxylation is 1. The van der Waals surface area contributed by atoms with Crippen LogP contribution >= 0.6 is 0 Å². The largest absolute Gasteiger partial charge is 0.325 e. The highest BCUT2D eigenvalue weighted by atomic mass is 16.2. The third kappa shape index (κ3) is 1.86. The van der Waals surface area contributed by atoms with Gasteiger partial charge in [0.25, 0.3) is 0 Å². The SMILES string of the molecule is Cc1cccc(NC(=O)C23CCC(C2)C(C)(C)C3=O)c1C. The fraction of sp³-hybridized carbons (Fsp3) is 0.556. The first-order chi connectivity index (χ1) is 9.79. The van der Waals surface area contributed by atoms with Crippen molar-refractivity contribution in [2.75, 3.05) is 5.32 Å². The van der Waals surface area contributed by atoms with Crippen molar-refractivity contribution in [3.63, 3.8) is 0 Å². The molecular weight excluding hydrogens is 262 g/mol. The van der Waals surface area contributed by atoms with Crippen molar-refractivity contribution in [3.8, 4) is 0 Å². The van der Waals surface area contributed by atoms with Crippen LogP contribution in [0.25, 0.3) is 0 Å². The van der Waals surface area contributed by atoms with Crippen LogP contribution in [0.5, 0.6) is 0 Å². The molecule has 1 aromatic carbocycles. The van der Waals surface area contributed by atoms with Gasteiger partial charge in [-0.05, 0) is 56.2 Å². The molecule has 2 aliphatic rings. The molecule has 2 fully saturated rings. The van der Waals surface area contributed by atoms with E-state index >= 15 is 0 Å². The zero-order chi connectivity index (χ0) is 15.4. The van der Waals surface area contributed by atoms with Gasteiger partial charge >= 0.3 is 0 Å². The minimum atomic E-state index is -0.787. The minimum absolute atomic E-state index is 0.103. The molecule has 0 spiro atoms. The van der Waals surface area contributed by atoms with E-state index < -0.39 is 5.41 Å². The predicted molar refractivity (Wildman–Crippen MR) is 83.1 cm³/mol. The van der Waals surface area contributed by atoms with E-state index in [4.69, 9.17) is 0 Å². The second-order valence-corrected chi connectivity index (χ2v) is 7.27. The summed E-state index contributed by atoms with van der Waals surface area (Å²) < 4.78 is 0. The number of Topliss-reactive ketones (excluding diaryl/α,β-unsaturated/α-hetero) is 1. The van der Waals surface area contributed by atoms with Crippen molar-refractivity contribution in [2.24, 2.45) is 16.7 Å². The highest BCUT2D eigenvalue weighted by Gasteiger charge is 2.65. The van der Waals surface area contributed by atoms with Gasteiger partial charge in [0.05, 0.1) is 0 Å². The molecule has 3 nitrogen and oxygen atoms in total. The summed E-state index contributed by atoms with van der Waals surface area (Å²) in [7, 11) is 0. The van der Waals surface area contributed by atoms with Gasteiger partial charge in [-0.1, -0.05) is 26.0 Å². The zero-order valence-corrected chi connectivity index (χ0v) is 13.2. The number of amides is 1. The smallest absolute Gasteiger partial charge is 0.238 e. The van der Waals surface area contributed by atoms with Crippen molar-refractivity contribution in [2.45, 2.75) is 47.0 Å². The Labute approximate surface area is 126 Å². The molecule has 0 heterocycles. The van der Waals surface area contributed by atoms with Gasteiger partial charge in [-0.3, -0.25) is 9.59 Å². The summed E-state index contributed by atoms with van der Waals surface area (Å²) in [6.45, 7) is 8.01. The molecule has 2 bridgehead atoms. The Morgan fingerprint density at radius 3 is 2.62 bits per heavy atom. The molecule has 0 saturated heterocycles. The van der Waals surface area contributed by atoms with Crippen LogP contribution in [0.4, 0.5) is 5.69 Å². The van der Waals surface area contributed by atoms with Crippen LogP contribution in [0.15, 0.2) is 18.2 Å². The number of carbonyl (C=O) groups excluding carboxylic acids is 2. The van der Waals surface area contributed by atoms with Gasteiger partial charge < -0.3 is 5.32 Å². The number of anilines is 1. The maximum Gasteiger partial charge on any atom is 0.238 e. The minimum Gasteiger partial charge on any atom is -0.325 e. The Morgan fingerprint density at radius 2 is 2.00 bits per heavy atom. The molecule has 0 aromatic heterocycles. The molecule has 2 unspecified atom stereocenters. The molecule has 21 heavy (non-hydrogen) atoms. The van der Waals surface area contributed by atoms with Gasteiger partial charge in [0.15, 0.2) is 5.78 Å². The molecule has 3 rings (SSSR count). The standard InChI is InChI=1S/C18H23NO2/c1-11-6-5-7-14(12(11)2)19-16(21)18-9-8-13(10-18)17(3,4)15(18)20/h5-7,13H,8-10H2,1-4H3,(H,19,21). The van der Waals surface area contributed by atoms with Gasteiger partial charge in [-0.2, -0.15) is 0 Å². The summed E-state index contributed by atoms with van der Waals surface area (Å²) in [6.07, 6.45) is 2.41. The lowest BCUT2D eigenvalue weighted by atomic mass is 9.70. The predicted octanol–water partition coefficient (Wildman–Crippen LogP) is 3.64. The van der Waals surface area contributed by atoms with Crippen LogP contribution < -0.4 is 5.32 Å². The number of nitrogens with one attached hydrogen (secondary N) is 1. The van der Waals surface area contributed by atoms with Crippen LogP contribution in [0.3, 0.4) is 0 Å². The third-order valence-electron chi connectivity index (χ3n) is 5.84. The second-order valence-electron chi connectivity index (χ2n) is 7.27. The Bertz CT molecular complexity index is 632. The van der Waals surface area contributed by atoms with Crippen LogP contribution in [-0.2, 0) is 9.59 Å². The van der Waals surface area contributed by atoms with E-state index in [1.165, 1.54) is 0 Å². The van der Waals surface area contributed by atoms with Crippen molar-refractivity contribution < 1.29 is 9.59 Å². The van der Waals surface area contributed by atoms with Gasteiger partial charge in [-0.25, -0.2) is 0 Å². The Balaban J connectivity index is 1.90. The summed E-state index contributed by atoms with van der Waals surface area (Å²) >= 11 is 0. The zero-order valence-electron chi connectivity index (χ0n) is 13.2. The van der Waals surface area contributed by atoms with E-state index in [-0.39, 0.29) is 17.1 Å². The molecule has 0 radical (unpaired) electrons. The van der Waals surface area contributed by atoms with Crippen molar-refractivity contribution in [3.05, 3.63) is 29.3 Å². The number of ketones is 1. The van der Waals surface area contributed by atoms with Crippen molar-refractivity contribution in [1.82, 2.24) is 0 Å². The first-order valence-electron chi connectivity index (χ1n) is 7.71. The number of fused-ring (bicyclic) bond motifs is 2. The maximum atomic E-state index is 12.8. The van der Waals surface area contributed by atoms with Crippen LogP contribution in [0.2, 0.25) is 0 Å². The molecule has 2 aliphatic carbocycles. The first kappa shape index (κ1) is 14.3. The van der Waals surface area contributed by atoms with E-state index in [2.05, 4.69) is 5.32 Å². The van der Waals surface area contributed by atoms with Crippen LogP contribution in [-0.4, -0.2) is 11.7 Å². The average molecular weight is 285 g/mol. The molecule has 112 valence electrons. The number of rotatable bonds is 2. The average Bonchev–Trinajstić information content (AvgIpc) is 2.96. The number of benzene rings is 1. The van der Waals surface area contributed by atoms with Crippen molar-refractivity contribution in [1.29, 1.82) is 0 Å². The van der Waals surface area contributed by atoms with Gasteiger partial charge in [0, 0.05) is 11.1 Å². The number of hydrogen-bond acceptors (Lipinski definition) is 2. The highest BCUT2D eigenvalue weighted by molar-refractivity contribution is 6.15. The fourth-order valence-electron chi connectivity index (χ4n) is 4.11. The Morgan fingerprint density at radius 1 is 1.29 bits per heavy atom. The van der Waals surface area contributed by atoms with E-state index in [1.54, 1.807) is 0 Å². The number of hydrogen-bond donors (Lipinski definition) is 1. The fourth-order valence-corrected chi connectivity index (χ4v) is 4.11. The Hall–Kier alpha value is -1.64. The van der Waals surface area contributed by atoms with E-state index in [1.807, 2.05) is 45.9 Å². The van der Waals surface area contributed by atoms with Gasteiger partial charge in [0.2, 0.25) is 5.91 Å². The third-order valence-corrected chi connectivity index (χ3v) is 5.84. The lowest BCUT2D eigenvalue weighted by Gasteiger charge is -2.32. The molecular formula is C18H23NO2. The van der Waals surface area contributed by atoms with Crippen molar-refractivity contribution >= 4 is 17.4 Å². The van der Waals surface area contributed by atoms with E-state index in [0.717, 1.165) is 29.7 Å². The molecule has 1 amide bonds.